The van der Waals surface area contributed by atoms with Crippen LogP contribution in [0.25, 0.3) is 0 Å². The molecule has 0 aliphatic carbocycles. The van der Waals surface area contributed by atoms with E-state index in [2.05, 4.69) is 5.10 Å². The van der Waals surface area contributed by atoms with Gasteiger partial charge in [0.15, 0.2) is 0 Å². The maximum atomic E-state index is 13.4. The maximum Gasteiger partial charge on any atom is 0.254 e. The lowest BCUT2D eigenvalue weighted by atomic mass is 10.0. The van der Waals surface area contributed by atoms with Crippen molar-refractivity contribution in [1.82, 2.24) is 19.0 Å². The monoisotopic (exact) mass is 464 g/mol. The number of rotatable bonds is 4. The molecule has 3 aromatic rings. The van der Waals surface area contributed by atoms with Crippen molar-refractivity contribution in [2.75, 3.05) is 13.1 Å². The minimum Gasteiger partial charge on any atom is -0.331 e. The number of nitrogens with zero attached hydrogens (tertiary/aromatic N) is 4. The summed E-state index contributed by atoms with van der Waals surface area (Å²) < 4.78 is 30.4. The van der Waals surface area contributed by atoms with Crippen LogP contribution in [0.5, 0.6) is 0 Å². The van der Waals surface area contributed by atoms with Crippen LogP contribution in [0.3, 0.4) is 0 Å². The van der Waals surface area contributed by atoms with E-state index in [1.165, 1.54) is 0 Å². The molecular weight excluding hydrogens is 436 g/mol. The van der Waals surface area contributed by atoms with Crippen molar-refractivity contribution in [3.05, 3.63) is 89.2 Å². The van der Waals surface area contributed by atoms with Gasteiger partial charge in [-0.2, -0.15) is 9.40 Å². The summed E-state index contributed by atoms with van der Waals surface area (Å²) in [6.45, 7) is 4.30. The third-order valence-electron chi connectivity index (χ3n) is 6.80. The summed E-state index contributed by atoms with van der Waals surface area (Å²) >= 11 is 0. The predicted molar refractivity (Wildman–Crippen MR) is 126 cm³/mol. The number of carbonyl (C=O) groups is 1. The molecule has 2 aliphatic heterocycles. The van der Waals surface area contributed by atoms with Crippen LogP contribution in [0.1, 0.15) is 58.2 Å². The molecule has 5 rings (SSSR count). The highest BCUT2D eigenvalue weighted by Gasteiger charge is 2.39. The zero-order valence-corrected chi connectivity index (χ0v) is 19.5. The average molecular weight is 465 g/mol. The second-order valence-corrected chi connectivity index (χ2v) is 10.8. The van der Waals surface area contributed by atoms with Crippen molar-refractivity contribution < 1.29 is 13.2 Å². The summed E-state index contributed by atoms with van der Waals surface area (Å²) in [6, 6.07) is 18.5. The van der Waals surface area contributed by atoms with Crippen molar-refractivity contribution in [1.29, 1.82) is 0 Å². The summed E-state index contributed by atoms with van der Waals surface area (Å²) in [5.74, 6) is -0.0172. The largest absolute Gasteiger partial charge is 0.331 e. The van der Waals surface area contributed by atoms with Crippen LogP contribution in [0.2, 0.25) is 0 Å². The zero-order chi connectivity index (χ0) is 23.0. The standard InChI is InChI=1S/C25H28N4O3S/c1-19(29-15-5-8-24(33(29,31)32)21-6-3-2-4-7-21)20-9-11-22(12-10-20)25(30)27-16-17-28-23(18-27)13-14-26-28/h2-4,6-7,9-14,19,24H,5,8,15-18H2,1H3. The fourth-order valence-electron chi connectivity index (χ4n) is 4.90. The molecule has 0 saturated carbocycles. The SMILES string of the molecule is CC(c1ccc(C(=O)N2CCn3nccc3C2)cc1)N1CCCC(c2ccccc2)S1(=O)=O. The molecule has 0 bridgehead atoms. The van der Waals surface area contributed by atoms with Crippen molar-refractivity contribution in [2.24, 2.45) is 0 Å². The molecule has 33 heavy (non-hydrogen) atoms. The number of benzene rings is 2. The van der Waals surface area contributed by atoms with Gasteiger partial charge in [-0.3, -0.25) is 9.48 Å². The second kappa shape index (κ2) is 8.76. The maximum absolute atomic E-state index is 13.4. The fraction of sp³-hybridized carbons (Fsp3) is 0.360. The topological polar surface area (TPSA) is 75.5 Å². The van der Waals surface area contributed by atoms with E-state index < -0.39 is 15.3 Å². The number of hydrogen-bond donors (Lipinski definition) is 0. The highest BCUT2D eigenvalue weighted by atomic mass is 32.2. The summed E-state index contributed by atoms with van der Waals surface area (Å²) in [5.41, 5.74) is 3.38. The second-order valence-electron chi connectivity index (χ2n) is 8.77. The minimum atomic E-state index is -3.48. The normalized spacial score (nSPS) is 21.4. The molecule has 7 nitrogen and oxygen atoms in total. The Labute approximate surface area is 194 Å². The van der Waals surface area contributed by atoms with Crippen LogP contribution in [0.4, 0.5) is 0 Å². The Morgan fingerprint density at radius 1 is 1.00 bits per heavy atom. The lowest BCUT2D eigenvalue weighted by Gasteiger charge is -2.36. The highest BCUT2D eigenvalue weighted by Crippen LogP contribution is 2.38. The van der Waals surface area contributed by atoms with Crippen molar-refractivity contribution in [3.63, 3.8) is 0 Å². The Balaban J connectivity index is 1.32. The van der Waals surface area contributed by atoms with E-state index in [-0.39, 0.29) is 11.9 Å². The first-order valence-electron chi connectivity index (χ1n) is 11.4. The smallest absolute Gasteiger partial charge is 0.254 e. The third-order valence-corrected chi connectivity index (χ3v) is 9.18. The van der Waals surface area contributed by atoms with Crippen LogP contribution >= 0.6 is 0 Å². The molecule has 2 atom stereocenters. The van der Waals surface area contributed by atoms with Gasteiger partial charge in [0.05, 0.1) is 18.8 Å². The number of hydrogen-bond acceptors (Lipinski definition) is 4. The summed E-state index contributed by atoms with van der Waals surface area (Å²) in [5, 5.41) is 3.75. The summed E-state index contributed by atoms with van der Waals surface area (Å²) in [7, 11) is -3.48. The van der Waals surface area contributed by atoms with Crippen molar-refractivity contribution in [2.45, 2.75) is 44.1 Å². The number of fused-ring (bicyclic) bond motifs is 1. The summed E-state index contributed by atoms with van der Waals surface area (Å²) in [4.78, 5) is 14.8. The molecule has 0 spiro atoms. The van der Waals surface area contributed by atoms with E-state index in [9.17, 15) is 13.2 Å². The van der Waals surface area contributed by atoms with E-state index in [1.807, 2.05) is 77.2 Å². The molecule has 0 N–H and O–H groups in total. The lowest BCUT2D eigenvalue weighted by Crippen LogP contribution is -2.41. The van der Waals surface area contributed by atoms with Crippen LogP contribution in [0, 0.1) is 0 Å². The van der Waals surface area contributed by atoms with Gasteiger partial charge in [-0.25, -0.2) is 8.42 Å². The Hall–Kier alpha value is -2.97. The zero-order valence-electron chi connectivity index (χ0n) is 18.7. The van der Waals surface area contributed by atoms with Gasteiger partial charge >= 0.3 is 0 Å². The van der Waals surface area contributed by atoms with Crippen LogP contribution in [0.15, 0.2) is 66.9 Å². The number of amides is 1. The third kappa shape index (κ3) is 4.09. The van der Waals surface area contributed by atoms with Gasteiger partial charge in [-0.05, 0) is 49.1 Å². The number of sulfonamides is 1. The molecule has 3 heterocycles. The van der Waals surface area contributed by atoms with Gasteiger partial charge in [0.1, 0.15) is 5.25 Å². The first-order chi connectivity index (χ1) is 15.9. The average Bonchev–Trinajstić information content (AvgIpc) is 3.31. The Bertz CT molecular complexity index is 1240. The lowest BCUT2D eigenvalue weighted by molar-refractivity contribution is 0.0706. The molecule has 1 fully saturated rings. The highest BCUT2D eigenvalue weighted by molar-refractivity contribution is 7.89. The van der Waals surface area contributed by atoms with E-state index in [1.54, 1.807) is 10.5 Å². The first kappa shape index (κ1) is 21.9. The van der Waals surface area contributed by atoms with E-state index >= 15 is 0 Å². The Kier molecular flexibility index (Phi) is 5.80. The van der Waals surface area contributed by atoms with Crippen LogP contribution in [-0.4, -0.2) is 46.4 Å². The first-order valence-corrected chi connectivity index (χ1v) is 12.9. The van der Waals surface area contributed by atoms with Crippen molar-refractivity contribution >= 4 is 15.9 Å². The van der Waals surface area contributed by atoms with Gasteiger partial charge in [0.25, 0.3) is 5.91 Å². The molecule has 1 amide bonds. The molecular formula is C25H28N4O3S. The number of carbonyl (C=O) groups excluding carboxylic acids is 1. The van der Waals surface area contributed by atoms with E-state index in [0.29, 0.717) is 38.2 Å². The van der Waals surface area contributed by atoms with E-state index in [4.69, 9.17) is 0 Å². The summed E-state index contributed by atoms with van der Waals surface area (Å²) in [6.07, 6.45) is 3.22. The molecule has 1 saturated heterocycles. The molecule has 172 valence electrons. The molecule has 2 aromatic carbocycles. The molecule has 8 heteroatoms. The Morgan fingerprint density at radius 3 is 2.52 bits per heavy atom. The molecule has 2 aliphatic rings. The van der Waals surface area contributed by atoms with Crippen LogP contribution in [-0.2, 0) is 23.1 Å². The van der Waals surface area contributed by atoms with Gasteiger partial charge < -0.3 is 4.90 Å². The van der Waals surface area contributed by atoms with Crippen LogP contribution < -0.4 is 0 Å². The minimum absolute atomic E-state index is 0.0172. The van der Waals surface area contributed by atoms with Crippen molar-refractivity contribution in [3.8, 4) is 0 Å². The van der Waals surface area contributed by atoms with Gasteiger partial charge in [0, 0.05) is 30.9 Å². The quantitative estimate of drug-likeness (QED) is 0.589. The van der Waals surface area contributed by atoms with Gasteiger partial charge in [-0.15, -0.1) is 0 Å². The Morgan fingerprint density at radius 2 is 1.76 bits per heavy atom. The number of aromatic nitrogens is 2. The van der Waals surface area contributed by atoms with Gasteiger partial charge in [-0.1, -0.05) is 42.5 Å². The fourth-order valence-corrected chi connectivity index (χ4v) is 7.14. The molecule has 2 unspecified atom stereocenters. The molecule has 1 aromatic heterocycles. The van der Waals surface area contributed by atoms with E-state index in [0.717, 1.165) is 23.2 Å². The van der Waals surface area contributed by atoms with Gasteiger partial charge in [0.2, 0.25) is 10.0 Å². The predicted octanol–water partition coefficient (Wildman–Crippen LogP) is 3.77. The molecule has 0 radical (unpaired) electrons.